The van der Waals surface area contributed by atoms with E-state index in [-0.39, 0.29) is 0 Å². The van der Waals surface area contributed by atoms with Gasteiger partial charge in [0.2, 0.25) is 0 Å². The van der Waals surface area contributed by atoms with Crippen LogP contribution in [0.4, 0.5) is 0 Å². The van der Waals surface area contributed by atoms with E-state index in [1.54, 1.807) is 12.5 Å². The predicted molar refractivity (Wildman–Crippen MR) is 108 cm³/mol. The molecule has 0 aromatic carbocycles. The number of guanidine groups is 1. The Bertz CT molecular complexity index is 763. The molecule has 0 saturated carbocycles. The summed E-state index contributed by atoms with van der Waals surface area (Å²) >= 11 is 0. The first-order valence-corrected chi connectivity index (χ1v) is 10.0. The Morgan fingerprint density at radius 1 is 1.29 bits per heavy atom. The van der Waals surface area contributed by atoms with E-state index in [4.69, 9.17) is 4.74 Å². The fraction of sp³-hybridized carbons (Fsp3) is 0.550. The van der Waals surface area contributed by atoms with Gasteiger partial charge in [-0.1, -0.05) is 6.07 Å². The Morgan fingerprint density at radius 2 is 2.18 bits per heavy atom. The van der Waals surface area contributed by atoms with Crippen molar-refractivity contribution in [3.63, 3.8) is 0 Å². The standard InChI is InChI=1S/C20H29N7O/c1-21-20(26-10-8-25(9-11-26)14-17-4-12-28-15-17)24-13-18-3-2-5-23-19(18)27-7-6-22-16-27/h2-3,5-7,16-17H,4,8-15H2,1H3,(H,21,24). The van der Waals surface area contributed by atoms with Gasteiger partial charge in [-0.3, -0.25) is 14.5 Å². The lowest BCUT2D eigenvalue weighted by Gasteiger charge is -2.37. The zero-order valence-electron chi connectivity index (χ0n) is 16.5. The Labute approximate surface area is 166 Å². The van der Waals surface area contributed by atoms with Gasteiger partial charge in [0, 0.05) is 77.1 Å². The van der Waals surface area contributed by atoms with Crippen molar-refractivity contribution in [2.45, 2.75) is 13.0 Å². The fourth-order valence-corrected chi connectivity index (χ4v) is 3.93. The van der Waals surface area contributed by atoms with Crippen LogP contribution in [-0.2, 0) is 11.3 Å². The largest absolute Gasteiger partial charge is 0.381 e. The van der Waals surface area contributed by atoms with Gasteiger partial charge in [0.15, 0.2) is 5.96 Å². The lowest BCUT2D eigenvalue weighted by Crippen LogP contribution is -2.53. The van der Waals surface area contributed by atoms with Gasteiger partial charge in [0.1, 0.15) is 12.1 Å². The molecular formula is C20H29N7O. The molecule has 0 spiro atoms. The van der Waals surface area contributed by atoms with Crippen molar-refractivity contribution < 1.29 is 4.74 Å². The zero-order chi connectivity index (χ0) is 19.2. The van der Waals surface area contributed by atoms with E-state index < -0.39 is 0 Å². The minimum Gasteiger partial charge on any atom is -0.381 e. The number of piperazine rings is 1. The summed E-state index contributed by atoms with van der Waals surface area (Å²) in [5.41, 5.74) is 1.11. The van der Waals surface area contributed by atoms with Crippen LogP contribution in [0.2, 0.25) is 0 Å². The van der Waals surface area contributed by atoms with Crippen molar-refractivity contribution in [2.75, 3.05) is 53.0 Å². The smallest absolute Gasteiger partial charge is 0.194 e. The predicted octanol–water partition coefficient (Wildman–Crippen LogP) is 0.997. The van der Waals surface area contributed by atoms with Gasteiger partial charge in [-0.2, -0.15) is 0 Å². The van der Waals surface area contributed by atoms with Gasteiger partial charge in [-0.25, -0.2) is 9.97 Å². The summed E-state index contributed by atoms with van der Waals surface area (Å²) in [7, 11) is 1.85. The third-order valence-corrected chi connectivity index (χ3v) is 5.48. The Hall–Kier alpha value is -2.45. The van der Waals surface area contributed by atoms with Crippen LogP contribution in [0.25, 0.3) is 5.82 Å². The molecule has 4 heterocycles. The quantitative estimate of drug-likeness (QED) is 0.614. The van der Waals surface area contributed by atoms with E-state index in [2.05, 4.69) is 36.1 Å². The molecule has 2 aromatic rings. The molecule has 150 valence electrons. The van der Waals surface area contributed by atoms with Crippen LogP contribution in [0, 0.1) is 5.92 Å². The number of nitrogens with one attached hydrogen (secondary N) is 1. The molecule has 2 saturated heterocycles. The minimum absolute atomic E-state index is 0.674. The van der Waals surface area contributed by atoms with Crippen molar-refractivity contribution in [2.24, 2.45) is 10.9 Å². The molecule has 0 aliphatic carbocycles. The molecule has 2 aliphatic heterocycles. The summed E-state index contributed by atoms with van der Waals surface area (Å²) in [6.45, 7) is 7.82. The number of rotatable bonds is 5. The van der Waals surface area contributed by atoms with Crippen molar-refractivity contribution >= 4 is 5.96 Å². The van der Waals surface area contributed by atoms with Gasteiger partial charge < -0.3 is 15.0 Å². The monoisotopic (exact) mass is 383 g/mol. The molecular weight excluding hydrogens is 354 g/mol. The number of hydrogen-bond acceptors (Lipinski definition) is 5. The Morgan fingerprint density at radius 3 is 2.89 bits per heavy atom. The van der Waals surface area contributed by atoms with E-state index in [9.17, 15) is 0 Å². The minimum atomic E-state index is 0.674. The van der Waals surface area contributed by atoms with Crippen molar-refractivity contribution in [1.29, 1.82) is 0 Å². The van der Waals surface area contributed by atoms with Gasteiger partial charge in [-0.15, -0.1) is 0 Å². The van der Waals surface area contributed by atoms with E-state index in [0.717, 1.165) is 63.3 Å². The van der Waals surface area contributed by atoms with E-state index >= 15 is 0 Å². The molecule has 0 radical (unpaired) electrons. The lowest BCUT2D eigenvalue weighted by molar-refractivity contribution is 0.139. The first-order valence-electron chi connectivity index (χ1n) is 10.0. The summed E-state index contributed by atoms with van der Waals surface area (Å²) in [5, 5.41) is 3.51. The van der Waals surface area contributed by atoms with Crippen LogP contribution < -0.4 is 5.32 Å². The van der Waals surface area contributed by atoms with Crippen molar-refractivity contribution in [3.8, 4) is 5.82 Å². The van der Waals surface area contributed by atoms with Crippen LogP contribution in [0.15, 0.2) is 42.0 Å². The molecule has 1 N–H and O–H groups in total. The third kappa shape index (κ3) is 4.51. The topological polar surface area (TPSA) is 70.8 Å². The maximum atomic E-state index is 5.51. The zero-order valence-corrected chi connectivity index (χ0v) is 16.5. The van der Waals surface area contributed by atoms with Crippen LogP contribution in [0.3, 0.4) is 0 Å². The van der Waals surface area contributed by atoms with Crippen LogP contribution >= 0.6 is 0 Å². The van der Waals surface area contributed by atoms with Crippen LogP contribution in [0.1, 0.15) is 12.0 Å². The summed E-state index contributed by atoms with van der Waals surface area (Å²) in [6.07, 6.45) is 8.46. The van der Waals surface area contributed by atoms with Gasteiger partial charge >= 0.3 is 0 Å². The highest BCUT2D eigenvalue weighted by atomic mass is 16.5. The molecule has 28 heavy (non-hydrogen) atoms. The van der Waals surface area contributed by atoms with Gasteiger partial charge in [0.05, 0.1) is 6.61 Å². The normalized spacial score (nSPS) is 21.2. The molecule has 4 rings (SSSR count). The van der Waals surface area contributed by atoms with Gasteiger partial charge in [-0.05, 0) is 18.4 Å². The highest BCUT2D eigenvalue weighted by Crippen LogP contribution is 2.15. The van der Waals surface area contributed by atoms with E-state index in [1.807, 2.05) is 30.1 Å². The maximum Gasteiger partial charge on any atom is 0.194 e. The summed E-state index contributed by atoms with van der Waals surface area (Å²) in [4.78, 5) is 18.0. The number of aromatic nitrogens is 3. The molecule has 2 aromatic heterocycles. The molecule has 2 fully saturated rings. The molecule has 8 heteroatoms. The molecule has 0 bridgehead atoms. The number of ether oxygens (including phenoxy) is 1. The average molecular weight is 384 g/mol. The Balaban J connectivity index is 1.31. The fourth-order valence-electron chi connectivity index (χ4n) is 3.93. The molecule has 8 nitrogen and oxygen atoms in total. The molecule has 2 aliphatic rings. The van der Waals surface area contributed by atoms with Gasteiger partial charge in [0.25, 0.3) is 0 Å². The highest BCUT2D eigenvalue weighted by molar-refractivity contribution is 5.80. The molecule has 1 unspecified atom stereocenters. The van der Waals surface area contributed by atoms with Crippen molar-refractivity contribution in [1.82, 2.24) is 29.7 Å². The second-order valence-electron chi connectivity index (χ2n) is 7.37. The second kappa shape index (κ2) is 9.16. The molecule has 1 atom stereocenters. The number of hydrogen-bond donors (Lipinski definition) is 1. The maximum absolute atomic E-state index is 5.51. The number of aliphatic imine (C=N–C) groups is 1. The van der Waals surface area contributed by atoms with E-state index in [0.29, 0.717) is 12.5 Å². The SMILES string of the molecule is CN=C(NCc1cccnc1-n1ccnc1)N1CCN(CC2CCOC2)CC1. The molecule has 0 amide bonds. The number of imidazole rings is 1. The number of nitrogens with zero attached hydrogens (tertiary/aromatic N) is 6. The third-order valence-electron chi connectivity index (χ3n) is 5.48. The lowest BCUT2D eigenvalue weighted by atomic mass is 10.1. The Kier molecular flexibility index (Phi) is 6.18. The summed E-state index contributed by atoms with van der Waals surface area (Å²) in [5.74, 6) is 2.55. The van der Waals surface area contributed by atoms with E-state index in [1.165, 1.54) is 6.42 Å². The first-order chi connectivity index (χ1) is 13.8. The second-order valence-corrected chi connectivity index (χ2v) is 7.37. The van der Waals surface area contributed by atoms with Crippen molar-refractivity contribution in [3.05, 3.63) is 42.6 Å². The summed E-state index contributed by atoms with van der Waals surface area (Å²) < 4.78 is 7.44. The van der Waals surface area contributed by atoms with Crippen LogP contribution in [-0.4, -0.2) is 83.3 Å². The first kappa shape index (κ1) is 18.9. The summed E-state index contributed by atoms with van der Waals surface area (Å²) in [6, 6.07) is 4.05. The number of pyridine rings is 1. The van der Waals surface area contributed by atoms with Crippen LogP contribution in [0.5, 0.6) is 0 Å². The average Bonchev–Trinajstić information content (AvgIpc) is 3.44. The highest BCUT2D eigenvalue weighted by Gasteiger charge is 2.24.